The Kier molecular flexibility index (Phi) is 18.1. The topological polar surface area (TPSA) is 36.9 Å². The van der Waals surface area contributed by atoms with E-state index in [1.807, 2.05) is 36.4 Å². The van der Waals surface area contributed by atoms with Crippen molar-refractivity contribution in [2.24, 2.45) is 0 Å². The van der Waals surface area contributed by atoms with Gasteiger partial charge in [0.05, 0.1) is 0 Å². The molecule has 0 bridgehead atoms. The van der Waals surface area contributed by atoms with Gasteiger partial charge < -0.3 is 20.6 Å². The third kappa shape index (κ3) is 13.7. The van der Waals surface area contributed by atoms with Gasteiger partial charge in [-0.25, -0.2) is 0 Å². The molecule has 0 aromatic heterocycles. The minimum Gasteiger partial charge on any atom is -1.00 e. The Morgan fingerprint density at radius 3 is 0.820 bits per heavy atom. The van der Waals surface area contributed by atoms with E-state index in [-0.39, 0.29) is 63.0 Å². The zero-order valence-corrected chi connectivity index (χ0v) is 42.5. The summed E-state index contributed by atoms with van der Waals surface area (Å²) in [5, 5.41) is 0.499. The molecule has 10 heteroatoms. The molecule has 2 aromatic rings. The molecule has 0 aliphatic rings. The van der Waals surface area contributed by atoms with E-state index in [1.165, 1.54) is 0 Å². The second kappa shape index (κ2) is 17.8. The average Bonchev–Trinajstić information content (AvgIpc) is 2.88. The maximum atomic E-state index is 6.54. The van der Waals surface area contributed by atoms with Gasteiger partial charge in [-0.2, -0.15) is 0 Å². The van der Waals surface area contributed by atoms with Gasteiger partial charge in [0, 0.05) is 11.1 Å². The maximum absolute atomic E-state index is 6.54. The summed E-state index contributed by atoms with van der Waals surface area (Å²) in [6.07, 6.45) is 11.2. The monoisotopic (exact) mass is 830 g/mol. The first-order valence-electron chi connectivity index (χ1n) is 17.2. The van der Waals surface area contributed by atoms with Crippen molar-refractivity contribution in [2.75, 3.05) is 0 Å². The summed E-state index contributed by atoms with van der Waals surface area (Å²) in [5.41, 5.74) is 1.65. The standard InChI is InChI=1S/2C20H34O2Si2.BrH.Mg.2H/c2*1-12-16-13-14-17(21-23(8,9)19(2,3)4)18(15-16)22-24(10,11)20(5,6)7;;;;/h2*1,13-15H,2-11H3;1H;;;/q;;;+2;2*-1. The van der Waals surface area contributed by atoms with Crippen LogP contribution in [0.15, 0.2) is 36.4 Å². The molecule has 0 saturated carbocycles. The maximum Gasteiger partial charge on any atom is 2.00 e. The largest absolute Gasteiger partial charge is 2.00 e. The van der Waals surface area contributed by atoms with Crippen LogP contribution in [0, 0.1) is 24.7 Å². The molecule has 0 aliphatic carbocycles. The first kappa shape index (κ1) is 51.0. The van der Waals surface area contributed by atoms with Crippen molar-refractivity contribution in [3.63, 3.8) is 0 Å². The molecule has 2 aromatic carbocycles. The van der Waals surface area contributed by atoms with E-state index in [9.17, 15) is 0 Å². The molecule has 0 aliphatic heterocycles. The van der Waals surface area contributed by atoms with E-state index in [4.69, 9.17) is 30.6 Å². The predicted octanol–water partition coefficient (Wildman–Crippen LogP) is 13.3. The number of benzene rings is 2. The summed E-state index contributed by atoms with van der Waals surface area (Å²) >= 11 is 0. The molecule has 0 amide bonds. The smallest absolute Gasteiger partial charge is 1.00 e. The Morgan fingerprint density at radius 1 is 0.440 bits per heavy atom. The predicted molar refractivity (Wildman–Crippen MR) is 238 cm³/mol. The van der Waals surface area contributed by atoms with Gasteiger partial charge in [-0.05, 0) is 109 Å². The number of halogens is 1. The molecule has 0 unspecified atom stereocenters. The van der Waals surface area contributed by atoms with Crippen LogP contribution in [-0.2, 0) is 0 Å². The van der Waals surface area contributed by atoms with Gasteiger partial charge in [0.1, 0.15) is 23.0 Å². The molecule has 0 fully saturated rings. The van der Waals surface area contributed by atoms with Crippen LogP contribution in [-0.4, -0.2) is 56.3 Å². The zero-order valence-electron chi connectivity index (χ0n) is 37.4. The summed E-state index contributed by atoms with van der Waals surface area (Å²) in [7, 11) is -7.82. The summed E-state index contributed by atoms with van der Waals surface area (Å²) < 4.78 is 26.1. The van der Waals surface area contributed by atoms with Crippen LogP contribution >= 0.6 is 17.0 Å². The summed E-state index contributed by atoms with van der Waals surface area (Å²) in [6.45, 7) is 44.8. The van der Waals surface area contributed by atoms with Gasteiger partial charge in [-0.3, -0.25) is 0 Å². The molecule has 280 valence electrons. The van der Waals surface area contributed by atoms with Crippen molar-refractivity contribution < 1.29 is 20.6 Å². The van der Waals surface area contributed by atoms with Crippen molar-refractivity contribution in [1.82, 2.24) is 0 Å². The Bertz CT molecular complexity index is 1390. The van der Waals surface area contributed by atoms with Crippen LogP contribution in [0.1, 0.15) is 97.1 Å². The van der Waals surface area contributed by atoms with Gasteiger partial charge in [0.25, 0.3) is 33.3 Å². The van der Waals surface area contributed by atoms with Crippen LogP contribution in [0.5, 0.6) is 23.0 Å². The van der Waals surface area contributed by atoms with Crippen LogP contribution in [0.2, 0.25) is 72.5 Å². The minimum absolute atomic E-state index is 0. The van der Waals surface area contributed by atoms with Crippen LogP contribution < -0.4 is 17.7 Å². The molecule has 2 rings (SSSR count). The number of hydrogen-bond acceptors (Lipinski definition) is 4. The van der Waals surface area contributed by atoms with Crippen molar-refractivity contribution in [1.29, 1.82) is 0 Å². The Balaban J connectivity index is -0.000000411. The van der Waals surface area contributed by atoms with Crippen LogP contribution in [0.3, 0.4) is 0 Å². The molecule has 0 heterocycles. The SMILES string of the molecule is Br.C#Cc1ccc(O[Si](C)(C)C(C)(C)C)c(O[Si](C)(C)C(C)(C)C)c1.C#Cc1ccc(O[Si](C)(C)C(C)(C)C)c(O[Si](C)(C)C(C)(C)C)c1.[H-].[H-].[Mg+2]. The first-order chi connectivity index (χ1) is 21.2. The third-order valence-electron chi connectivity index (χ3n) is 10.9. The summed E-state index contributed by atoms with van der Waals surface area (Å²) in [4.78, 5) is 0. The number of rotatable bonds is 8. The van der Waals surface area contributed by atoms with Crippen molar-refractivity contribution in [3.8, 4) is 47.7 Å². The van der Waals surface area contributed by atoms with E-state index >= 15 is 0 Å². The molecule has 0 radical (unpaired) electrons. The molecule has 0 atom stereocenters. The van der Waals surface area contributed by atoms with Crippen molar-refractivity contribution in [3.05, 3.63) is 47.5 Å². The Hall–Kier alpha value is -1.13. The van der Waals surface area contributed by atoms with Gasteiger partial charge >= 0.3 is 23.1 Å². The van der Waals surface area contributed by atoms with Crippen LogP contribution in [0.25, 0.3) is 0 Å². The van der Waals surface area contributed by atoms with E-state index in [0.717, 1.165) is 34.1 Å². The number of terminal acetylenes is 2. The second-order valence-electron chi connectivity index (χ2n) is 19.1. The first-order valence-corrected chi connectivity index (χ1v) is 28.8. The number of hydrogen-bond donors (Lipinski definition) is 0. The summed E-state index contributed by atoms with van der Waals surface area (Å²) in [5.74, 6) is 8.64. The van der Waals surface area contributed by atoms with E-state index in [1.54, 1.807) is 0 Å². The van der Waals surface area contributed by atoms with E-state index in [0.29, 0.717) is 0 Å². The third-order valence-corrected chi connectivity index (χ3v) is 28.3. The van der Waals surface area contributed by atoms with E-state index in [2.05, 4.69) is 147 Å². The molecule has 0 N–H and O–H groups in total. The minimum atomic E-state index is -1.97. The van der Waals surface area contributed by atoms with Crippen molar-refractivity contribution in [2.45, 2.75) is 156 Å². The molecular weight excluding hydrogens is 761 g/mol. The van der Waals surface area contributed by atoms with Crippen molar-refractivity contribution >= 4 is 73.3 Å². The fourth-order valence-corrected chi connectivity index (χ4v) is 7.32. The Labute approximate surface area is 342 Å². The summed E-state index contributed by atoms with van der Waals surface area (Å²) in [6, 6.07) is 11.7. The molecular formula is C40H71BrMgO4Si4. The fourth-order valence-electron chi connectivity index (χ4n) is 3.24. The fraction of sp³-hybridized carbons (Fsp3) is 0.600. The van der Waals surface area contributed by atoms with Gasteiger partial charge in [-0.1, -0.05) is 94.9 Å². The van der Waals surface area contributed by atoms with Gasteiger partial charge in [0.15, 0.2) is 0 Å². The van der Waals surface area contributed by atoms with Crippen LogP contribution in [0.4, 0.5) is 0 Å². The molecule has 50 heavy (non-hydrogen) atoms. The molecule has 0 spiro atoms. The quantitative estimate of drug-likeness (QED) is 0.196. The molecule has 4 nitrogen and oxygen atoms in total. The normalized spacial score (nSPS) is 12.8. The Morgan fingerprint density at radius 2 is 0.640 bits per heavy atom. The second-order valence-corrected chi connectivity index (χ2v) is 38.0. The zero-order chi connectivity index (χ0) is 37.9. The van der Waals surface area contributed by atoms with E-state index < -0.39 is 33.3 Å². The molecule has 0 saturated heterocycles. The van der Waals surface area contributed by atoms with Gasteiger partial charge in [-0.15, -0.1) is 29.8 Å². The average molecular weight is 833 g/mol. The van der Waals surface area contributed by atoms with Gasteiger partial charge in [0.2, 0.25) is 0 Å².